The minimum absolute atomic E-state index is 0.898. The quantitative estimate of drug-likeness (QED) is 0.403. The third-order valence-corrected chi connectivity index (χ3v) is 2.06. The molecular weight excluding hydrogens is 208 g/mol. The van der Waals surface area contributed by atoms with E-state index in [-0.39, 0.29) is 0 Å². The summed E-state index contributed by atoms with van der Waals surface area (Å²) in [4.78, 5) is 0. The van der Waals surface area contributed by atoms with Gasteiger partial charge in [0.1, 0.15) is 0 Å². The van der Waals surface area contributed by atoms with E-state index < -0.39 is 8.32 Å². The Hall–Kier alpha value is -0.0231. The maximum Gasteiger partial charge on any atom is 0.241 e. The molecule has 0 aliphatic rings. The summed E-state index contributed by atoms with van der Waals surface area (Å²) >= 11 is 3.27. The largest absolute Gasteiger partial charge is 0.549 e. The van der Waals surface area contributed by atoms with Crippen LogP contribution < -0.4 is 0 Å². The first-order valence-corrected chi connectivity index (χ1v) is 7.32. The van der Waals surface area contributed by atoms with Crippen molar-refractivity contribution in [3.05, 3.63) is 23.4 Å². The maximum atomic E-state index is 5.44. The van der Waals surface area contributed by atoms with Gasteiger partial charge in [-0.05, 0) is 35.6 Å². The van der Waals surface area contributed by atoms with Crippen molar-refractivity contribution in [1.82, 2.24) is 0 Å². The SMILES string of the molecule is C=C/C(Br)=C\O[Si](C)(C)C. The van der Waals surface area contributed by atoms with Crippen LogP contribution in [0.25, 0.3) is 0 Å². The Kier molecular flexibility index (Phi) is 3.97. The van der Waals surface area contributed by atoms with Gasteiger partial charge in [-0.15, -0.1) is 0 Å². The normalized spacial score (nSPS) is 13.0. The number of rotatable bonds is 3. The minimum Gasteiger partial charge on any atom is -0.549 e. The molecule has 0 atom stereocenters. The highest BCUT2D eigenvalue weighted by Crippen LogP contribution is 2.09. The molecule has 0 aromatic carbocycles. The van der Waals surface area contributed by atoms with E-state index in [9.17, 15) is 0 Å². The molecule has 0 saturated carbocycles. The second-order valence-corrected chi connectivity index (χ2v) is 8.31. The second kappa shape index (κ2) is 3.98. The number of hydrogen-bond acceptors (Lipinski definition) is 1. The summed E-state index contributed by atoms with van der Waals surface area (Å²) in [5.41, 5.74) is 0. The molecule has 0 aromatic rings. The third kappa shape index (κ3) is 6.10. The average molecular weight is 221 g/mol. The van der Waals surface area contributed by atoms with Crippen molar-refractivity contribution in [3.63, 3.8) is 0 Å². The highest BCUT2D eigenvalue weighted by molar-refractivity contribution is 9.11. The Morgan fingerprint density at radius 2 is 2.00 bits per heavy atom. The zero-order chi connectivity index (χ0) is 8.20. The van der Waals surface area contributed by atoms with Gasteiger partial charge in [-0.25, -0.2) is 0 Å². The van der Waals surface area contributed by atoms with Gasteiger partial charge in [0.15, 0.2) is 0 Å². The first-order chi connectivity index (χ1) is 4.45. The van der Waals surface area contributed by atoms with E-state index in [1.165, 1.54) is 0 Å². The lowest BCUT2D eigenvalue weighted by molar-refractivity contribution is 0.479. The van der Waals surface area contributed by atoms with Crippen molar-refractivity contribution in [3.8, 4) is 0 Å². The summed E-state index contributed by atoms with van der Waals surface area (Å²) in [6.07, 6.45) is 3.42. The van der Waals surface area contributed by atoms with Crippen LogP contribution in [0.5, 0.6) is 0 Å². The number of halogens is 1. The fourth-order valence-corrected chi connectivity index (χ4v) is 1.03. The lowest BCUT2D eigenvalue weighted by atomic mass is 10.6. The molecule has 0 spiro atoms. The first-order valence-electron chi connectivity index (χ1n) is 3.11. The molecule has 0 unspecified atom stereocenters. The van der Waals surface area contributed by atoms with Crippen LogP contribution in [0.4, 0.5) is 0 Å². The van der Waals surface area contributed by atoms with Gasteiger partial charge < -0.3 is 4.43 Å². The third-order valence-electron chi connectivity index (χ3n) is 0.720. The van der Waals surface area contributed by atoms with Crippen LogP contribution in [-0.2, 0) is 4.43 Å². The van der Waals surface area contributed by atoms with E-state index >= 15 is 0 Å². The van der Waals surface area contributed by atoms with E-state index in [1.807, 2.05) is 0 Å². The zero-order valence-electron chi connectivity index (χ0n) is 6.65. The van der Waals surface area contributed by atoms with Crippen LogP contribution in [-0.4, -0.2) is 8.32 Å². The van der Waals surface area contributed by atoms with E-state index in [0.29, 0.717) is 0 Å². The van der Waals surface area contributed by atoms with Crippen molar-refractivity contribution in [1.29, 1.82) is 0 Å². The Balaban J connectivity index is 3.84. The lowest BCUT2D eigenvalue weighted by Crippen LogP contribution is -2.22. The Labute approximate surface area is 72.0 Å². The molecule has 0 saturated heterocycles. The molecule has 10 heavy (non-hydrogen) atoms. The molecule has 3 heteroatoms. The van der Waals surface area contributed by atoms with Gasteiger partial charge in [0, 0.05) is 4.48 Å². The van der Waals surface area contributed by atoms with Gasteiger partial charge in [-0.1, -0.05) is 12.7 Å². The fourth-order valence-electron chi connectivity index (χ4n) is 0.281. The van der Waals surface area contributed by atoms with Crippen LogP contribution >= 0.6 is 15.9 Å². The summed E-state index contributed by atoms with van der Waals surface area (Å²) in [6.45, 7) is 9.98. The predicted octanol–water partition coefficient (Wildman–Crippen LogP) is 3.26. The smallest absolute Gasteiger partial charge is 0.241 e. The van der Waals surface area contributed by atoms with E-state index in [4.69, 9.17) is 4.43 Å². The Bertz CT molecular complexity index is 146. The van der Waals surface area contributed by atoms with Gasteiger partial charge in [-0.3, -0.25) is 0 Å². The van der Waals surface area contributed by atoms with Crippen LogP contribution in [0.15, 0.2) is 23.4 Å². The molecule has 0 aromatic heterocycles. The molecule has 1 nitrogen and oxygen atoms in total. The van der Waals surface area contributed by atoms with E-state index in [2.05, 4.69) is 42.1 Å². The van der Waals surface area contributed by atoms with Crippen LogP contribution in [0.1, 0.15) is 0 Å². The monoisotopic (exact) mass is 220 g/mol. The highest BCUT2D eigenvalue weighted by atomic mass is 79.9. The van der Waals surface area contributed by atoms with Crippen LogP contribution in [0.3, 0.4) is 0 Å². The zero-order valence-corrected chi connectivity index (χ0v) is 9.23. The molecule has 0 N–H and O–H groups in total. The van der Waals surface area contributed by atoms with Gasteiger partial charge >= 0.3 is 0 Å². The summed E-state index contributed by atoms with van der Waals surface area (Å²) < 4.78 is 6.34. The van der Waals surface area contributed by atoms with Gasteiger partial charge in [0.2, 0.25) is 8.32 Å². The number of hydrogen-bond donors (Lipinski definition) is 0. The van der Waals surface area contributed by atoms with Gasteiger partial charge in [0.05, 0.1) is 6.26 Å². The fraction of sp³-hybridized carbons (Fsp3) is 0.429. The average Bonchev–Trinajstić information content (AvgIpc) is 1.81. The molecule has 0 aliphatic heterocycles. The summed E-state index contributed by atoms with van der Waals surface area (Å²) in [5.74, 6) is 0. The van der Waals surface area contributed by atoms with E-state index in [0.717, 1.165) is 4.48 Å². The molecule has 0 heterocycles. The summed E-state index contributed by atoms with van der Waals surface area (Å²) in [5, 5.41) is 0. The summed E-state index contributed by atoms with van der Waals surface area (Å²) in [6, 6.07) is 0. The molecule has 0 radical (unpaired) electrons. The highest BCUT2D eigenvalue weighted by Gasteiger charge is 2.13. The lowest BCUT2D eigenvalue weighted by Gasteiger charge is -2.14. The van der Waals surface area contributed by atoms with Crippen molar-refractivity contribution in [2.75, 3.05) is 0 Å². The van der Waals surface area contributed by atoms with Crippen molar-refractivity contribution in [2.45, 2.75) is 19.6 Å². The van der Waals surface area contributed by atoms with Crippen molar-refractivity contribution < 1.29 is 4.43 Å². The van der Waals surface area contributed by atoms with Gasteiger partial charge in [-0.2, -0.15) is 0 Å². The topological polar surface area (TPSA) is 9.23 Å². The molecule has 0 fully saturated rings. The molecular formula is C7H13BrOSi. The summed E-state index contributed by atoms with van der Waals surface area (Å²) in [7, 11) is -1.39. The van der Waals surface area contributed by atoms with Crippen molar-refractivity contribution in [2.24, 2.45) is 0 Å². The first kappa shape index (κ1) is 9.98. The van der Waals surface area contributed by atoms with Crippen LogP contribution in [0.2, 0.25) is 19.6 Å². The molecule has 0 amide bonds. The maximum absolute atomic E-state index is 5.44. The van der Waals surface area contributed by atoms with E-state index in [1.54, 1.807) is 12.3 Å². The predicted molar refractivity (Wildman–Crippen MR) is 51.6 cm³/mol. The van der Waals surface area contributed by atoms with Gasteiger partial charge in [0.25, 0.3) is 0 Å². The standard InChI is InChI=1S/C7H13BrOSi/c1-5-7(8)6-9-10(2,3)4/h5-6H,1H2,2-4H3/b7-6+. The minimum atomic E-state index is -1.39. The number of allylic oxidation sites excluding steroid dienone is 2. The molecule has 58 valence electrons. The molecule has 0 rings (SSSR count). The molecule has 0 bridgehead atoms. The van der Waals surface area contributed by atoms with Crippen molar-refractivity contribution >= 4 is 24.2 Å². The second-order valence-electron chi connectivity index (χ2n) is 2.94. The van der Waals surface area contributed by atoms with Crippen LogP contribution in [0, 0.1) is 0 Å². The molecule has 0 aliphatic carbocycles. The Morgan fingerprint density at radius 3 is 2.30 bits per heavy atom. The Morgan fingerprint density at radius 1 is 1.50 bits per heavy atom.